The van der Waals surface area contributed by atoms with Crippen LogP contribution in [0, 0.1) is 0 Å². The Hall–Kier alpha value is -2.70. The fourth-order valence-electron chi connectivity index (χ4n) is 1.81. The lowest BCUT2D eigenvalue weighted by atomic mass is 10.1. The van der Waals surface area contributed by atoms with Gasteiger partial charge in [0.25, 0.3) is 5.91 Å². The van der Waals surface area contributed by atoms with Gasteiger partial charge in [-0.25, -0.2) is 0 Å². The number of carbonyl (C=O) groups excluding carboxylic acids is 2. The van der Waals surface area contributed by atoms with Gasteiger partial charge in [0.2, 0.25) is 11.8 Å². The van der Waals surface area contributed by atoms with Crippen molar-refractivity contribution in [1.82, 2.24) is 10.1 Å². The molecule has 3 N–H and O–H groups in total. The number of primary amides is 1. The van der Waals surface area contributed by atoms with E-state index >= 15 is 0 Å². The monoisotopic (exact) mass is 288 g/mol. The fourth-order valence-corrected chi connectivity index (χ4v) is 1.81. The van der Waals surface area contributed by atoms with Gasteiger partial charge in [0.05, 0.1) is 5.69 Å². The van der Waals surface area contributed by atoms with Crippen LogP contribution < -0.4 is 11.1 Å². The molecule has 21 heavy (non-hydrogen) atoms. The van der Waals surface area contributed by atoms with E-state index in [1.54, 1.807) is 24.4 Å². The second-order valence-corrected chi connectivity index (χ2v) is 4.47. The van der Waals surface area contributed by atoms with Crippen LogP contribution in [0.3, 0.4) is 0 Å². The second kappa shape index (κ2) is 6.65. The Labute approximate surface area is 121 Å². The van der Waals surface area contributed by atoms with Crippen LogP contribution in [0.5, 0.6) is 0 Å². The molecule has 2 aromatic rings. The first-order valence-electron chi connectivity index (χ1n) is 6.64. The lowest BCUT2D eigenvalue weighted by Crippen LogP contribution is -2.17. The van der Waals surface area contributed by atoms with E-state index in [2.05, 4.69) is 15.5 Å². The molecule has 0 bridgehead atoms. The third-order valence-electron chi connectivity index (χ3n) is 2.86. The molecule has 0 saturated carbocycles. The van der Waals surface area contributed by atoms with Crippen molar-refractivity contribution < 1.29 is 14.1 Å². The average molecular weight is 288 g/mol. The predicted molar refractivity (Wildman–Crippen MR) is 76.4 cm³/mol. The zero-order chi connectivity index (χ0) is 15.2. The number of rotatable bonds is 6. The molecule has 7 heteroatoms. The molecule has 7 nitrogen and oxygen atoms in total. The number of nitrogens with one attached hydrogen (secondary N) is 1. The standard InChI is InChI=1S/C14H16N4O3/c1-2-3-7-10(19)17-14-11(13(15)20)12(18-21-14)9-6-4-5-8-16-9/h4-6,8H,2-3,7H2,1H3,(H2,15,20)(H,17,19). The Morgan fingerprint density at radius 3 is 2.81 bits per heavy atom. The van der Waals surface area contributed by atoms with Crippen molar-refractivity contribution in [1.29, 1.82) is 0 Å². The van der Waals surface area contributed by atoms with E-state index in [9.17, 15) is 9.59 Å². The number of carbonyl (C=O) groups is 2. The van der Waals surface area contributed by atoms with Gasteiger partial charge < -0.3 is 10.3 Å². The molecule has 2 heterocycles. The number of anilines is 1. The van der Waals surface area contributed by atoms with Crippen molar-refractivity contribution >= 4 is 17.7 Å². The lowest BCUT2D eigenvalue weighted by molar-refractivity contribution is -0.116. The molecule has 0 fully saturated rings. The molecule has 0 aliphatic carbocycles. The van der Waals surface area contributed by atoms with Crippen molar-refractivity contribution in [3.05, 3.63) is 30.0 Å². The highest BCUT2D eigenvalue weighted by Gasteiger charge is 2.24. The number of amides is 2. The minimum atomic E-state index is -0.734. The number of unbranched alkanes of at least 4 members (excludes halogenated alkanes) is 1. The van der Waals surface area contributed by atoms with E-state index in [1.165, 1.54) is 0 Å². The summed E-state index contributed by atoms with van der Waals surface area (Å²) in [4.78, 5) is 27.4. The average Bonchev–Trinajstić information content (AvgIpc) is 2.89. The van der Waals surface area contributed by atoms with Crippen molar-refractivity contribution in [2.45, 2.75) is 26.2 Å². The van der Waals surface area contributed by atoms with Gasteiger partial charge in [-0.2, -0.15) is 0 Å². The zero-order valence-corrected chi connectivity index (χ0v) is 11.6. The summed E-state index contributed by atoms with van der Waals surface area (Å²) in [5, 5.41) is 6.31. The largest absolute Gasteiger partial charge is 0.365 e. The molecule has 0 unspecified atom stereocenters. The Morgan fingerprint density at radius 1 is 1.38 bits per heavy atom. The number of aromatic nitrogens is 2. The van der Waals surface area contributed by atoms with Crippen LogP contribution in [0.15, 0.2) is 28.9 Å². The summed E-state index contributed by atoms with van der Waals surface area (Å²) < 4.78 is 5.04. The van der Waals surface area contributed by atoms with Crippen molar-refractivity contribution in [2.75, 3.05) is 5.32 Å². The van der Waals surface area contributed by atoms with Crippen molar-refractivity contribution in [2.24, 2.45) is 5.73 Å². The smallest absolute Gasteiger partial charge is 0.256 e. The fraction of sp³-hybridized carbons (Fsp3) is 0.286. The summed E-state index contributed by atoms with van der Waals surface area (Å²) in [7, 11) is 0. The molecule has 110 valence electrons. The normalized spacial score (nSPS) is 10.3. The van der Waals surface area contributed by atoms with E-state index in [0.29, 0.717) is 12.1 Å². The summed E-state index contributed by atoms with van der Waals surface area (Å²) in [5.41, 5.74) is 6.05. The SMILES string of the molecule is CCCCC(=O)Nc1onc(-c2ccccn2)c1C(N)=O. The molecule has 2 rings (SSSR count). The van der Waals surface area contributed by atoms with Gasteiger partial charge in [-0.1, -0.05) is 24.6 Å². The van der Waals surface area contributed by atoms with Crippen LogP contribution in [-0.2, 0) is 4.79 Å². The molecule has 0 atom stereocenters. The Morgan fingerprint density at radius 2 is 2.19 bits per heavy atom. The van der Waals surface area contributed by atoms with E-state index < -0.39 is 5.91 Å². The van der Waals surface area contributed by atoms with Crippen LogP contribution in [0.2, 0.25) is 0 Å². The summed E-state index contributed by atoms with van der Waals surface area (Å²) in [6.45, 7) is 1.98. The highest BCUT2D eigenvalue weighted by Crippen LogP contribution is 2.27. The van der Waals surface area contributed by atoms with Crippen LogP contribution in [0.4, 0.5) is 5.88 Å². The Kier molecular flexibility index (Phi) is 4.65. The van der Waals surface area contributed by atoms with Crippen LogP contribution in [0.25, 0.3) is 11.4 Å². The molecule has 2 aromatic heterocycles. The Bertz CT molecular complexity index is 637. The molecule has 0 aromatic carbocycles. The second-order valence-electron chi connectivity index (χ2n) is 4.47. The molecule has 0 radical (unpaired) electrons. The quantitative estimate of drug-likeness (QED) is 0.844. The number of nitrogens with two attached hydrogens (primary N) is 1. The van der Waals surface area contributed by atoms with Gasteiger partial charge >= 0.3 is 0 Å². The maximum Gasteiger partial charge on any atom is 0.256 e. The topological polar surface area (TPSA) is 111 Å². The highest BCUT2D eigenvalue weighted by molar-refractivity contribution is 6.05. The first kappa shape index (κ1) is 14.7. The van der Waals surface area contributed by atoms with E-state index in [0.717, 1.165) is 12.8 Å². The minimum absolute atomic E-state index is 0.0264. The molecular weight excluding hydrogens is 272 g/mol. The maximum absolute atomic E-state index is 11.7. The summed E-state index contributed by atoms with van der Waals surface area (Å²) in [6, 6.07) is 5.16. The van der Waals surface area contributed by atoms with Gasteiger partial charge in [0, 0.05) is 12.6 Å². The van der Waals surface area contributed by atoms with Gasteiger partial charge in [-0.3, -0.25) is 19.9 Å². The number of nitrogens with zero attached hydrogens (tertiary/aromatic N) is 2. The van der Waals surface area contributed by atoms with E-state index in [1.807, 2.05) is 6.92 Å². The van der Waals surface area contributed by atoms with Gasteiger partial charge in [-0.15, -0.1) is 0 Å². The first-order valence-corrected chi connectivity index (χ1v) is 6.64. The van der Waals surface area contributed by atoms with Gasteiger partial charge in [0.15, 0.2) is 0 Å². The molecule has 2 amide bonds. The zero-order valence-electron chi connectivity index (χ0n) is 11.6. The van der Waals surface area contributed by atoms with Crippen LogP contribution in [-0.4, -0.2) is 22.0 Å². The van der Waals surface area contributed by atoms with Crippen molar-refractivity contribution in [3.8, 4) is 11.4 Å². The third-order valence-corrected chi connectivity index (χ3v) is 2.86. The summed E-state index contributed by atoms with van der Waals surface area (Å²) in [6.07, 6.45) is 3.55. The van der Waals surface area contributed by atoms with Crippen molar-refractivity contribution in [3.63, 3.8) is 0 Å². The highest BCUT2D eigenvalue weighted by atomic mass is 16.5. The molecular formula is C14H16N4O3. The minimum Gasteiger partial charge on any atom is -0.365 e. The predicted octanol–water partition coefficient (Wildman–Crippen LogP) is 1.96. The number of pyridine rings is 1. The van der Waals surface area contributed by atoms with E-state index in [4.69, 9.17) is 10.3 Å². The number of hydrogen-bond donors (Lipinski definition) is 2. The third kappa shape index (κ3) is 3.44. The lowest BCUT2D eigenvalue weighted by Gasteiger charge is -2.02. The van der Waals surface area contributed by atoms with Gasteiger partial charge in [-0.05, 0) is 18.6 Å². The summed E-state index contributed by atoms with van der Waals surface area (Å²) >= 11 is 0. The number of hydrogen-bond acceptors (Lipinski definition) is 5. The van der Waals surface area contributed by atoms with Gasteiger partial charge in [0.1, 0.15) is 11.3 Å². The molecule has 0 spiro atoms. The molecule has 0 aliphatic heterocycles. The van der Waals surface area contributed by atoms with Crippen LogP contribution >= 0.6 is 0 Å². The Balaban J connectivity index is 2.30. The van der Waals surface area contributed by atoms with Crippen LogP contribution in [0.1, 0.15) is 36.5 Å². The molecule has 0 aliphatic rings. The summed E-state index contributed by atoms with van der Waals surface area (Å²) in [5.74, 6) is -1.02. The first-order chi connectivity index (χ1) is 10.1. The van der Waals surface area contributed by atoms with E-state index in [-0.39, 0.29) is 23.0 Å². The maximum atomic E-state index is 11.7. The molecule has 0 saturated heterocycles.